The third kappa shape index (κ3) is 10.4. The van der Waals surface area contributed by atoms with Gasteiger partial charge in [0.25, 0.3) is 0 Å². The molecule has 1 N–H and O–H groups in total. The molecule has 3 aromatic carbocycles. The first-order valence-corrected chi connectivity index (χ1v) is 12.3. The van der Waals surface area contributed by atoms with E-state index in [-0.39, 0.29) is 28.4 Å². The summed E-state index contributed by atoms with van der Waals surface area (Å²) < 4.78 is 20.3. The SMILES string of the molecule is CC(=O)Oc1ccc(C(=O)O)cc1.CCC(C)COC(=O)c1ccccc1OC(=O)c1ccc(OC(C)=O)cc1. The van der Waals surface area contributed by atoms with E-state index in [1.54, 1.807) is 18.2 Å². The van der Waals surface area contributed by atoms with Gasteiger partial charge >= 0.3 is 29.8 Å². The highest BCUT2D eigenvalue weighted by atomic mass is 16.6. The molecule has 10 nitrogen and oxygen atoms in total. The van der Waals surface area contributed by atoms with Gasteiger partial charge in [0, 0.05) is 13.8 Å². The van der Waals surface area contributed by atoms with Crippen molar-refractivity contribution in [1.29, 1.82) is 0 Å². The zero-order chi connectivity index (χ0) is 29.7. The van der Waals surface area contributed by atoms with Crippen molar-refractivity contribution in [2.75, 3.05) is 6.61 Å². The molecule has 0 saturated heterocycles. The lowest BCUT2D eigenvalue weighted by Gasteiger charge is -2.12. The molecule has 0 heterocycles. The van der Waals surface area contributed by atoms with Gasteiger partial charge in [-0.3, -0.25) is 9.59 Å². The Balaban J connectivity index is 0.000000360. The van der Waals surface area contributed by atoms with Crippen LogP contribution in [0, 0.1) is 5.92 Å². The van der Waals surface area contributed by atoms with E-state index in [4.69, 9.17) is 24.1 Å². The quantitative estimate of drug-likeness (QED) is 0.274. The fourth-order valence-electron chi connectivity index (χ4n) is 2.95. The van der Waals surface area contributed by atoms with E-state index in [1.807, 2.05) is 13.8 Å². The molecule has 210 valence electrons. The van der Waals surface area contributed by atoms with E-state index in [2.05, 4.69) is 0 Å². The number of aromatic carboxylic acids is 1. The van der Waals surface area contributed by atoms with Crippen molar-refractivity contribution >= 4 is 29.8 Å². The largest absolute Gasteiger partial charge is 0.478 e. The molecule has 0 bridgehead atoms. The highest BCUT2D eigenvalue weighted by molar-refractivity contribution is 5.96. The number of hydrogen-bond acceptors (Lipinski definition) is 9. The fourth-order valence-corrected chi connectivity index (χ4v) is 2.95. The third-order valence-electron chi connectivity index (χ3n) is 5.22. The maximum absolute atomic E-state index is 12.4. The minimum absolute atomic E-state index is 0.126. The van der Waals surface area contributed by atoms with Gasteiger partial charge in [-0.15, -0.1) is 0 Å². The molecule has 0 amide bonds. The summed E-state index contributed by atoms with van der Waals surface area (Å²) in [6.07, 6.45) is 0.896. The van der Waals surface area contributed by atoms with Crippen molar-refractivity contribution in [3.8, 4) is 17.2 Å². The van der Waals surface area contributed by atoms with Gasteiger partial charge < -0.3 is 24.1 Å². The predicted molar refractivity (Wildman–Crippen MR) is 144 cm³/mol. The van der Waals surface area contributed by atoms with Crippen molar-refractivity contribution in [3.63, 3.8) is 0 Å². The second-order valence-electron chi connectivity index (χ2n) is 8.54. The number of rotatable bonds is 9. The molecule has 0 aliphatic rings. The highest BCUT2D eigenvalue weighted by Gasteiger charge is 2.18. The highest BCUT2D eigenvalue weighted by Crippen LogP contribution is 2.22. The van der Waals surface area contributed by atoms with E-state index < -0.39 is 29.8 Å². The second-order valence-corrected chi connectivity index (χ2v) is 8.54. The van der Waals surface area contributed by atoms with Gasteiger partial charge in [0.05, 0.1) is 17.7 Å². The van der Waals surface area contributed by atoms with Crippen LogP contribution in [0.25, 0.3) is 0 Å². The Morgan fingerprint density at radius 1 is 0.700 bits per heavy atom. The molecule has 0 saturated carbocycles. The summed E-state index contributed by atoms with van der Waals surface area (Å²) in [6.45, 7) is 6.87. The molecule has 0 radical (unpaired) electrons. The predicted octanol–water partition coefficient (Wildman–Crippen LogP) is 5.34. The summed E-state index contributed by atoms with van der Waals surface area (Å²) in [4.78, 5) is 56.5. The number of para-hydroxylation sites is 1. The first kappa shape index (κ1) is 31.2. The van der Waals surface area contributed by atoms with Crippen molar-refractivity contribution < 1.29 is 48.0 Å². The van der Waals surface area contributed by atoms with Crippen LogP contribution in [0.3, 0.4) is 0 Å². The van der Waals surface area contributed by atoms with Gasteiger partial charge in [0.2, 0.25) is 0 Å². The van der Waals surface area contributed by atoms with Crippen LogP contribution in [0.2, 0.25) is 0 Å². The molecule has 40 heavy (non-hydrogen) atoms. The van der Waals surface area contributed by atoms with Crippen LogP contribution in [-0.2, 0) is 14.3 Å². The van der Waals surface area contributed by atoms with Gasteiger partial charge in [0.1, 0.15) is 22.8 Å². The third-order valence-corrected chi connectivity index (χ3v) is 5.22. The van der Waals surface area contributed by atoms with Crippen molar-refractivity contribution in [2.24, 2.45) is 5.92 Å². The number of esters is 4. The summed E-state index contributed by atoms with van der Waals surface area (Å²) in [5, 5.41) is 8.55. The molecular weight excluding hydrogens is 520 g/mol. The summed E-state index contributed by atoms with van der Waals surface area (Å²) in [5.74, 6) is -2.01. The molecule has 0 aliphatic heterocycles. The zero-order valence-electron chi connectivity index (χ0n) is 22.5. The maximum atomic E-state index is 12.4. The monoisotopic (exact) mass is 550 g/mol. The zero-order valence-corrected chi connectivity index (χ0v) is 22.5. The molecule has 1 atom stereocenters. The van der Waals surface area contributed by atoms with Gasteiger partial charge in [0.15, 0.2) is 0 Å². The minimum Gasteiger partial charge on any atom is -0.478 e. The number of carboxylic acids is 1. The van der Waals surface area contributed by atoms with Gasteiger partial charge in [-0.05, 0) is 66.6 Å². The lowest BCUT2D eigenvalue weighted by molar-refractivity contribution is -0.132. The van der Waals surface area contributed by atoms with Crippen LogP contribution in [0.5, 0.6) is 17.2 Å². The molecule has 1 unspecified atom stereocenters. The number of carboxylic acid groups (broad SMARTS) is 1. The summed E-state index contributed by atoms with van der Waals surface area (Å²) in [7, 11) is 0. The number of carbonyl (C=O) groups is 5. The molecule has 0 aromatic heterocycles. The molecule has 10 heteroatoms. The van der Waals surface area contributed by atoms with Crippen LogP contribution in [0.1, 0.15) is 65.2 Å². The Hall–Kier alpha value is -4.99. The van der Waals surface area contributed by atoms with Crippen LogP contribution >= 0.6 is 0 Å². The lowest BCUT2D eigenvalue weighted by Crippen LogP contribution is -2.15. The number of carbonyl (C=O) groups excluding carboxylic acids is 4. The Morgan fingerprint density at radius 3 is 1.68 bits per heavy atom. The van der Waals surface area contributed by atoms with Gasteiger partial charge in [-0.1, -0.05) is 32.4 Å². The number of hydrogen-bond donors (Lipinski definition) is 1. The molecule has 3 rings (SSSR count). The number of ether oxygens (including phenoxy) is 4. The first-order valence-electron chi connectivity index (χ1n) is 12.3. The standard InChI is InChI=1S/C21H22O6.C9H8O4/c1-4-14(2)13-25-21(24)18-7-5-6-8-19(18)27-20(23)16-9-11-17(12-10-16)26-15(3)22;1-6(10)13-8-4-2-7(3-5-8)9(11)12/h5-12,14H,4,13H2,1-3H3;2-5H,1H3,(H,11,12). The Bertz CT molecular complexity index is 1330. The number of benzene rings is 3. The van der Waals surface area contributed by atoms with Crippen LogP contribution in [0.4, 0.5) is 0 Å². The van der Waals surface area contributed by atoms with E-state index in [9.17, 15) is 24.0 Å². The van der Waals surface area contributed by atoms with Crippen molar-refractivity contribution in [3.05, 3.63) is 89.5 Å². The fraction of sp³-hybridized carbons (Fsp3) is 0.233. The van der Waals surface area contributed by atoms with E-state index in [1.165, 1.54) is 68.4 Å². The average Bonchev–Trinajstić information content (AvgIpc) is 2.92. The minimum atomic E-state index is -1.01. The van der Waals surface area contributed by atoms with E-state index in [0.717, 1.165) is 6.42 Å². The van der Waals surface area contributed by atoms with Crippen LogP contribution in [-0.4, -0.2) is 41.6 Å². The molecule has 0 aliphatic carbocycles. The Kier molecular flexibility index (Phi) is 12.0. The Morgan fingerprint density at radius 2 is 1.20 bits per heavy atom. The topological polar surface area (TPSA) is 143 Å². The van der Waals surface area contributed by atoms with Crippen molar-refractivity contribution in [2.45, 2.75) is 34.1 Å². The molecule has 0 spiro atoms. The molecular formula is C30H30O10. The maximum Gasteiger partial charge on any atom is 0.343 e. The van der Waals surface area contributed by atoms with Crippen LogP contribution in [0.15, 0.2) is 72.8 Å². The smallest absolute Gasteiger partial charge is 0.343 e. The second kappa shape index (κ2) is 15.4. The van der Waals surface area contributed by atoms with Gasteiger partial charge in [-0.2, -0.15) is 0 Å². The van der Waals surface area contributed by atoms with E-state index >= 15 is 0 Å². The molecule has 0 fully saturated rings. The first-order chi connectivity index (χ1) is 19.0. The van der Waals surface area contributed by atoms with Crippen LogP contribution < -0.4 is 14.2 Å². The summed E-state index contributed by atoms with van der Waals surface area (Å²) in [6, 6.07) is 18.0. The van der Waals surface area contributed by atoms with Crippen molar-refractivity contribution in [1.82, 2.24) is 0 Å². The normalized spacial score (nSPS) is 10.7. The molecule has 3 aromatic rings. The average molecular weight is 551 g/mol. The lowest BCUT2D eigenvalue weighted by atomic mass is 10.1. The Labute approximate surface area is 231 Å². The summed E-state index contributed by atoms with van der Waals surface area (Å²) in [5.41, 5.74) is 0.607. The summed E-state index contributed by atoms with van der Waals surface area (Å²) >= 11 is 0. The van der Waals surface area contributed by atoms with E-state index in [0.29, 0.717) is 18.1 Å². The van der Waals surface area contributed by atoms with Gasteiger partial charge in [-0.25, -0.2) is 14.4 Å².